The molecule has 0 unspecified atom stereocenters. The maximum atomic E-state index is 13.1. The van der Waals surface area contributed by atoms with Crippen LogP contribution in [0, 0.1) is 12.7 Å². The summed E-state index contributed by atoms with van der Waals surface area (Å²) in [5.74, 6) is 0.363. The van der Waals surface area contributed by atoms with Crippen molar-refractivity contribution in [3.05, 3.63) is 60.4 Å². The lowest BCUT2D eigenvalue weighted by Crippen LogP contribution is -2.43. The van der Waals surface area contributed by atoms with E-state index in [0.29, 0.717) is 17.5 Å². The Hall–Kier alpha value is -3.42. The van der Waals surface area contributed by atoms with Crippen LogP contribution in [0.25, 0.3) is 11.4 Å². The molecule has 29 heavy (non-hydrogen) atoms. The topological polar surface area (TPSA) is 83.9 Å². The molecule has 148 valence electrons. The molecule has 1 aliphatic rings. The summed E-state index contributed by atoms with van der Waals surface area (Å²) in [6.45, 7) is 3.99. The molecular weight excluding hydrogens is 371 g/mol. The molecule has 1 amide bonds. The number of carbonyl (C=O) groups excluding carboxylic acids is 1. The van der Waals surface area contributed by atoms with E-state index < -0.39 is 5.82 Å². The van der Waals surface area contributed by atoms with Crippen LogP contribution in [-0.4, -0.2) is 37.9 Å². The molecule has 4 rings (SSSR count). The number of aromatic nitrogens is 4. The molecule has 8 heteroatoms. The van der Waals surface area contributed by atoms with Gasteiger partial charge in [0.05, 0.1) is 12.4 Å². The molecule has 0 saturated carbocycles. The number of halogens is 1. The minimum Gasteiger partial charge on any atom is -0.326 e. The Balaban J connectivity index is 1.57. The van der Waals surface area contributed by atoms with Gasteiger partial charge in [0, 0.05) is 29.7 Å². The second-order valence-electron chi connectivity index (χ2n) is 7.14. The number of aryl methyl sites for hydroxylation is 1. The monoisotopic (exact) mass is 392 g/mol. The van der Waals surface area contributed by atoms with E-state index in [-0.39, 0.29) is 18.0 Å². The Kier molecular flexibility index (Phi) is 5.16. The molecular formula is C21H21FN6O. The lowest BCUT2D eigenvalue weighted by molar-refractivity contribution is -0.117. The van der Waals surface area contributed by atoms with Gasteiger partial charge in [-0.3, -0.25) is 4.79 Å². The van der Waals surface area contributed by atoms with Gasteiger partial charge in [-0.1, -0.05) is 6.07 Å². The zero-order valence-corrected chi connectivity index (χ0v) is 16.2. The largest absolute Gasteiger partial charge is 0.326 e. The SMILES string of the molecule is Cc1ccc(NC(=O)[C@H]2CC[C@H](C)N2c2ncccn2)cc1-c1ncc(F)cn1. The van der Waals surface area contributed by atoms with Crippen molar-refractivity contribution < 1.29 is 9.18 Å². The highest BCUT2D eigenvalue weighted by Gasteiger charge is 2.37. The maximum absolute atomic E-state index is 13.1. The summed E-state index contributed by atoms with van der Waals surface area (Å²) in [4.78, 5) is 31.7. The Morgan fingerprint density at radius 1 is 1.14 bits per heavy atom. The molecule has 3 aromatic rings. The van der Waals surface area contributed by atoms with Gasteiger partial charge in [-0.25, -0.2) is 24.3 Å². The minimum atomic E-state index is -0.491. The second kappa shape index (κ2) is 7.90. The zero-order valence-electron chi connectivity index (χ0n) is 16.2. The molecule has 2 aromatic heterocycles. The number of nitrogens with zero attached hydrogens (tertiary/aromatic N) is 5. The molecule has 0 aliphatic carbocycles. The first kappa shape index (κ1) is 18.9. The first-order valence-electron chi connectivity index (χ1n) is 9.47. The highest BCUT2D eigenvalue weighted by Crippen LogP contribution is 2.29. The van der Waals surface area contributed by atoms with Gasteiger partial charge >= 0.3 is 0 Å². The van der Waals surface area contributed by atoms with Gasteiger partial charge in [0.15, 0.2) is 11.6 Å². The quantitative estimate of drug-likeness (QED) is 0.733. The normalized spacial score (nSPS) is 18.7. The molecule has 0 radical (unpaired) electrons. The van der Waals surface area contributed by atoms with Gasteiger partial charge in [0.1, 0.15) is 6.04 Å². The van der Waals surface area contributed by atoms with E-state index in [1.165, 1.54) is 0 Å². The number of hydrogen-bond donors (Lipinski definition) is 1. The standard InChI is InChI=1S/C21H21FN6O/c1-13-4-6-16(10-17(13)19-25-11-15(22)12-26-19)27-20(29)18-7-5-14(2)28(18)21-23-8-3-9-24-21/h3-4,6,8-12,14,18H,5,7H2,1-2H3,(H,27,29)/t14-,18+/m0/s1. The third-order valence-electron chi connectivity index (χ3n) is 5.12. The van der Waals surface area contributed by atoms with Crippen molar-refractivity contribution in [3.8, 4) is 11.4 Å². The van der Waals surface area contributed by atoms with Crippen LogP contribution >= 0.6 is 0 Å². The Bertz CT molecular complexity index is 1010. The summed E-state index contributed by atoms with van der Waals surface area (Å²) in [5.41, 5.74) is 2.31. The summed E-state index contributed by atoms with van der Waals surface area (Å²) in [5, 5.41) is 2.99. The van der Waals surface area contributed by atoms with Crippen molar-refractivity contribution in [2.75, 3.05) is 10.2 Å². The van der Waals surface area contributed by atoms with Crippen LogP contribution < -0.4 is 10.2 Å². The van der Waals surface area contributed by atoms with Crippen molar-refractivity contribution in [1.82, 2.24) is 19.9 Å². The number of anilines is 2. The fourth-order valence-corrected chi connectivity index (χ4v) is 3.62. The van der Waals surface area contributed by atoms with Crippen LogP contribution in [0.15, 0.2) is 49.1 Å². The van der Waals surface area contributed by atoms with E-state index in [4.69, 9.17) is 0 Å². The third kappa shape index (κ3) is 3.91. The lowest BCUT2D eigenvalue weighted by Gasteiger charge is -2.27. The van der Waals surface area contributed by atoms with Crippen LogP contribution in [0.1, 0.15) is 25.3 Å². The molecule has 0 spiro atoms. The first-order valence-corrected chi connectivity index (χ1v) is 9.47. The number of amides is 1. The summed E-state index contributed by atoms with van der Waals surface area (Å²) in [6.07, 6.45) is 7.23. The lowest BCUT2D eigenvalue weighted by atomic mass is 10.1. The van der Waals surface area contributed by atoms with E-state index >= 15 is 0 Å². The molecule has 1 fully saturated rings. The number of nitrogens with one attached hydrogen (secondary N) is 1. The Labute approximate surface area is 168 Å². The molecule has 1 N–H and O–H groups in total. The van der Waals surface area contributed by atoms with Gasteiger partial charge in [-0.15, -0.1) is 0 Å². The molecule has 0 bridgehead atoms. The molecule has 7 nitrogen and oxygen atoms in total. The number of hydrogen-bond acceptors (Lipinski definition) is 6. The third-order valence-corrected chi connectivity index (χ3v) is 5.12. The number of rotatable bonds is 4. The fourth-order valence-electron chi connectivity index (χ4n) is 3.62. The summed E-state index contributed by atoms with van der Waals surface area (Å²) in [6, 6.07) is 7.11. The first-order chi connectivity index (χ1) is 14.0. The van der Waals surface area contributed by atoms with Crippen molar-refractivity contribution in [2.24, 2.45) is 0 Å². The number of benzene rings is 1. The molecule has 3 heterocycles. The predicted octanol–water partition coefficient (Wildman–Crippen LogP) is 3.38. The van der Waals surface area contributed by atoms with Gasteiger partial charge in [0.25, 0.3) is 0 Å². The van der Waals surface area contributed by atoms with Crippen LogP contribution in [0.4, 0.5) is 16.0 Å². The molecule has 1 saturated heterocycles. The van der Waals surface area contributed by atoms with E-state index in [0.717, 1.165) is 36.4 Å². The van der Waals surface area contributed by atoms with Crippen molar-refractivity contribution >= 4 is 17.5 Å². The van der Waals surface area contributed by atoms with Gasteiger partial charge < -0.3 is 10.2 Å². The van der Waals surface area contributed by atoms with E-state index in [1.54, 1.807) is 18.5 Å². The molecule has 1 aliphatic heterocycles. The summed E-state index contributed by atoms with van der Waals surface area (Å²) >= 11 is 0. The molecule has 1 aromatic carbocycles. The van der Waals surface area contributed by atoms with Gasteiger partial charge in [-0.05, 0) is 50.5 Å². The average Bonchev–Trinajstić information content (AvgIpc) is 3.12. The number of carbonyl (C=O) groups is 1. The Morgan fingerprint density at radius 2 is 1.86 bits per heavy atom. The average molecular weight is 392 g/mol. The van der Waals surface area contributed by atoms with Crippen molar-refractivity contribution in [1.29, 1.82) is 0 Å². The highest BCUT2D eigenvalue weighted by atomic mass is 19.1. The fraction of sp³-hybridized carbons (Fsp3) is 0.286. The van der Waals surface area contributed by atoms with Crippen LogP contribution in [-0.2, 0) is 4.79 Å². The minimum absolute atomic E-state index is 0.114. The molecule has 2 atom stereocenters. The van der Waals surface area contributed by atoms with Crippen molar-refractivity contribution in [3.63, 3.8) is 0 Å². The van der Waals surface area contributed by atoms with E-state index in [2.05, 4.69) is 32.2 Å². The van der Waals surface area contributed by atoms with Crippen LogP contribution in [0.3, 0.4) is 0 Å². The Morgan fingerprint density at radius 3 is 2.59 bits per heavy atom. The second-order valence-corrected chi connectivity index (χ2v) is 7.14. The van der Waals surface area contributed by atoms with Gasteiger partial charge in [0.2, 0.25) is 11.9 Å². The zero-order chi connectivity index (χ0) is 20.4. The van der Waals surface area contributed by atoms with E-state index in [1.807, 2.05) is 30.0 Å². The van der Waals surface area contributed by atoms with Crippen molar-refractivity contribution in [2.45, 2.75) is 38.8 Å². The van der Waals surface area contributed by atoms with Crippen LogP contribution in [0.2, 0.25) is 0 Å². The summed E-state index contributed by atoms with van der Waals surface area (Å²) in [7, 11) is 0. The van der Waals surface area contributed by atoms with E-state index in [9.17, 15) is 9.18 Å². The summed E-state index contributed by atoms with van der Waals surface area (Å²) < 4.78 is 13.1. The predicted molar refractivity (Wildman–Crippen MR) is 108 cm³/mol. The maximum Gasteiger partial charge on any atom is 0.247 e. The van der Waals surface area contributed by atoms with Gasteiger partial charge in [-0.2, -0.15) is 0 Å². The van der Waals surface area contributed by atoms with Crippen LogP contribution in [0.5, 0.6) is 0 Å². The highest BCUT2D eigenvalue weighted by molar-refractivity contribution is 5.97. The smallest absolute Gasteiger partial charge is 0.247 e.